The molecule has 0 saturated heterocycles. The molecule has 116 valence electrons. The van der Waals surface area contributed by atoms with Gasteiger partial charge in [-0.05, 0) is 31.5 Å². The minimum atomic E-state index is 0.00519. The second-order valence-electron chi connectivity index (χ2n) is 3.31. The first kappa shape index (κ1) is 21.1. The smallest absolute Gasteiger partial charge is 0.161 e. The fourth-order valence-corrected chi connectivity index (χ4v) is 1.35. The zero-order valence-electron chi connectivity index (χ0n) is 13.5. The van der Waals surface area contributed by atoms with Crippen LogP contribution in [-0.2, 0) is 0 Å². The van der Waals surface area contributed by atoms with Gasteiger partial charge >= 0.3 is 0 Å². The lowest BCUT2D eigenvalue weighted by molar-refractivity contribution is 0.101. The molecule has 0 aliphatic heterocycles. The Morgan fingerprint density at radius 3 is 2.20 bits per heavy atom. The van der Waals surface area contributed by atoms with Crippen molar-refractivity contribution in [2.75, 3.05) is 19.6 Å². The summed E-state index contributed by atoms with van der Waals surface area (Å²) in [5.41, 5.74) is 0.613. The number of alkyl halides is 1. The van der Waals surface area contributed by atoms with Crippen LogP contribution in [0.4, 0.5) is 0 Å². The van der Waals surface area contributed by atoms with E-state index in [4.69, 9.17) is 21.1 Å². The van der Waals surface area contributed by atoms with Crippen LogP contribution in [0.5, 0.6) is 11.5 Å². The molecule has 20 heavy (non-hydrogen) atoms. The fraction of sp³-hybridized carbons (Fsp3) is 0.562. The van der Waals surface area contributed by atoms with E-state index in [9.17, 15) is 4.79 Å². The minimum absolute atomic E-state index is 0.00519. The number of hydrogen-bond acceptors (Lipinski definition) is 3. The van der Waals surface area contributed by atoms with Crippen molar-refractivity contribution in [2.45, 2.75) is 41.0 Å². The van der Waals surface area contributed by atoms with Crippen molar-refractivity contribution in [3.05, 3.63) is 23.8 Å². The first-order chi connectivity index (χ1) is 9.69. The third-order valence-corrected chi connectivity index (χ3v) is 2.37. The lowest BCUT2D eigenvalue weighted by Gasteiger charge is -2.10. The van der Waals surface area contributed by atoms with Crippen molar-refractivity contribution in [3.8, 4) is 11.5 Å². The number of carbonyl (C=O) groups excluding carboxylic acids is 1. The molecule has 0 N–H and O–H groups in total. The number of halogens is 1. The zero-order valence-corrected chi connectivity index (χ0v) is 14.2. The molecule has 0 bridgehead atoms. The molecular formula is C16H27ClO3. The largest absolute Gasteiger partial charge is 0.493 e. The lowest BCUT2D eigenvalue weighted by Crippen LogP contribution is -2.01. The third-order valence-electron chi connectivity index (χ3n) is 2.11. The van der Waals surface area contributed by atoms with Crippen LogP contribution in [-0.4, -0.2) is 25.4 Å². The first-order valence-corrected chi connectivity index (χ1v) is 7.60. The van der Waals surface area contributed by atoms with Crippen molar-refractivity contribution >= 4 is 17.4 Å². The summed E-state index contributed by atoms with van der Waals surface area (Å²) in [4.78, 5) is 11.2. The maximum atomic E-state index is 11.2. The molecule has 0 unspecified atom stereocenters. The molecule has 0 aliphatic carbocycles. The average molecular weight is 303 g/mol. The molecule has 1 rings (SSSR count). The van der Waals surface area contributed by atoms with Crippen LogP contribution in [0.3, 0.4) is 0 Å². The molecule has 1 aromatic carbocycles. The molecule has 0 amide bonds. The summed E-state index contributed by atoms with van der Waals surface area (Å²) in [5, 5.41) is 0. The summed E-state index contributed by atoms with van der Waals surface area (Å²) >= 11 is 5.55. The maximum Gasteiger partial charge on any atom is 0.161 e. The van der Waals surface area contributed by atoms with Gasteiger partial charge in [-0.2, -0.15) is 0 Å². The Balaban J connectivity index is 0. The summed E-state index contributed by atoms with van der Waals surface area (Å²) in [6.07, 6.45) is 0.777. The van der Waals surface area contributed by atoms with E-state index in [-0.39, 0.29) is 5.78 Å². The topological polar surface area (TPSA) is 35.5 Å². The molecule has 0 fully saturated rings. The fourth-order valence-electron chi connectivity index (χ4n) is 1.24. The molecule has 0 spiro atoms. The summed E-state index contributed by atoms with van der Waals surface area (Å²) < 4.78 is 10.6. The average Bonchev–Trinajstić information content (AvgIpc) is 2.51. The molecular weight excluding hydrogens is 276 g/mol. The van der Waals surface area contributed by atoms with Gasteiger partial charge in [0, 0.05) is 11.4 Å². The Morgan fingerprint density at radius 1 is 1.15 bits per heavy atom. The SMILES string of the molecule is CC.CC.COc1cc(C(C)=O)ccc1OCCCCl. The monoisotopic (exact) mass is 302 g/mol. The van der Waals surface area contributed by atoms with E-state index in [1.54, 1.807) is 25.3 Å². The van der Waals surface area contributed by atoms with Gasteiger partial charge in [0.2, 0.25) is 0 Å². The second kappa shape index (κ2) is 14.2. The van der Waals surface area contributed by atoms with E-state index in [1.165, 1.54) is 6.92 Å². The van der Waals surface area contributed by atoms with Gasteiger partial charge in [-0.15, -0.1) is 11.6 Å². The molecule has 4 heteroatoms. The number of rotatable bonds is 6. The van der Waals surface area contributed by atoms with E-state index in [1.807, 2.05) is 27.7 Å². The Bertz CT molecular complexity index is 365. The Morgan fingerprint density at radius 2 is 1.75 bits per heavy atom. The van der Waals surface area contributed by atoms with Gasteiger partial charge in [0.05, 0.1) is 13.7 Å². The highest BCUT2D eigenvalue weighted by atomic mass is 35.5. The van der Waals surface area contributed by atoms with E-state index in [0.29, 0.717) is 29.5 Å². The standard InChI is InChI=1S/C12H15ClO3.2C2H6/c1-9(14)10-4-5-11(12(8-10)15-2)16-7-3-6-13;2*1-2/h4-5,8H,3,6-7H2,1-2H3;2*1-2H3. The van der Waals surface area contributed by atoms with E-state index < -0.39 is 0 Å². The molecule has 3 nitrogen and oxygen atoms in total. The van der Waals surface area contributed by atoms with Crippen molar-refractivity contribution in [1.29, 1.82) is 0 Å². The highest BCUT2D eigenvalue weighted by Gasteiger charge is 2.07. The van der Waals surface area contributed by atoms with Gasteiger partial charge in [0.25, 0.3) is 0 Å². The molecule has 0 radical (unpaired) electrons. The van der Waals surface area contributed by atoms with Crippen molar-refractivity contribution in [1.82, 2.24) is 0 Å². The number of ether oxygens (including phenoxy) is 2. The number of carbonyl (C=O) groups is 1. The number of methoxy groups -OCH3 is 1. The molecule has 0 heterocycles. The zero-order chi connectivity index (χ0) is 16.0. The highest BCUT2D eigenvalue weighted by Crippen LogP contribution is 2.28. The van der Waals surface area contributed by atoms with Crippen LogP contribution in [0.25, 0.3) is 0 Å². The molecule has 0 saturated carbocycles. The third kappa shape index (κ3) is 8.05. The van der Waals surface area contributed by atoms with Gasteiger partial charge in [-0.1, -0.05) is 27.7 Å². The van der Waals surface area contributed by atoms with Gasteiger partial charge in [0.1, 0.15) is 0 Å². The summed E-state index contributed by atoms with van der Waals surface area (Å²) in [5.74, 6) is 1.78. The first-order valence-electron chi connectivity index (χ1n) is 7.06. The van der Waals surface area contributed by atoms with Crippen LogP contribution in [0.15, 0.2) is 18.2 Å². The number of benzene rings is 1. The van der Waals surface area contributed by atoms with Crippen LogP contribution < -0.4 is 9.47 Å². The summed E-state index contributed by atoms with van der Waals surface area (Å²) in [7, 11) is 1.55. The van der Waals surface area contributed by atoms with E-state index >= 15 is 0 Å². The van der Waals surface area contributed by atoms with Crippen molar-refractivity contribution < 1.29 is 14.3 Å². The second-order valence-corrected chi connectivity index (χ2v) is 3.69. The molecule has 0 aliphatic rings. The van der Waals surface area contributed by atoms with Gasteiger partial charge in [0.15, 0.2) is 17.3 Å². The predicted molar refractivity (Wildman–Crippen MR) is 86.5 cm³/mol. The van der Waals surface area contributed by atoms with Crippen LogP contribution in [0, 0.1) is 0 Å². The number of Topliss-reactive ketones (excluding diaryl/α,β-unsaturated/α-hetero) is 1. The maximum absolute atomic E-state index is 11.2. The quantitative estimate of drug-likeness (QED) is 0.423. The Kier molecular flexibility index (Phi) is 15.0. The molecule has 0 aromatic heterocycles. The number of hydrogen-bond donors (Lipinski definition) is 0. The summed E-state index contributed by atoms with van der Waals surface area (Å²) in [6, 6.07) is 5.14. The Hall–Kier alpha value is -1.22. The minimum Gasteiger partial charge on any atom is -0.493 e. The number of ketones is 1. The predicted octanol–water partition coefficient (Wildman–Crippen LogP) is 4.96. The normalized spacial score (nSPS) is 8.55. The van der Waals surface area contributed by atoms with E-state index in [2.05, 4.69) is 0 Å². The van der Waals surface area contributed by atoms with Gasteiger partial charge in [-0.25, -0.2) is 0 Å². The highest BCUT2D eigenvalue weighted by molar-refractivity contribution is 6.17. The Labute approximate surface area is 128 Å². The van der Waals surface area contributed by atoms with Gasteiger partial charge < -0.3 is 9.47 Å². The lowest BCUT2D eigenvalue weighted by atomic mass is 10.1. The van der Waals surface area contributed by atoms with Crippen LogP contribution in [0.1, 0.15) is 51.4 Å². The van der Waals surface area contributed by atoms with Crippen molar-refractivity contribution in [2.24, 2.45) is 0 Å². The van der Waals surface area contributed by atoms with Crippen LogP contribution >= 0.6 is 11.6 Å². The van der Waals surface area contributed by atoms with Crippen molar-refractivity contribution in [3.63, 3.8) is 0 Å². The summed E-state index contributed by atoms with van der Waals surface area (Å²) in [6.45, 7) is 10.1. The van der Waals surface area contributed by atoms with E-state index in [0.717, 1.165) is 6.42 Å². The van der Waals surface area contributed by atoms with Gasteiger partial charge in [-0.3, -0.25) is 4.79 Å². The van der Waals surface area contributed by atoms with Crippen LogP contribution in [0.2, 0.25) is 0 Å². The molecule has 1 aromatic rings. The molecule has 0 atom stereocenters.